The van der Waals surface area contributed by atoms with Crippen LogP contribution >= 0.6 is 0 Å². The summed E-state index contributed by atoms with van der Waals surface area (Å²) in [6.45, 7) is 2.04. The number of aliphatic hydroxyl groups is 1. The third-order valence-electron chi connectivity index (χ3n) is 2.97. The van der Waals surface area contributed by atoms with Crippen molar-refractivity contribution in [1.82, 2.24) is 0 Å². The van der Waals surface area contributed by atoms with E-state index in [9.17, 15) is 5.11 Å². The van der Waals surface area contributed by atoms with Gasteiger partial charge in [0.25, 0.3) is 0 Å². The number of anilines is 2. The minimum atomic E-state index is -0.175. The van der Waals surface area contributed by atoms with E-state index >= 15 is 0 Å². The number of aliphatic hydroxyl groups excluding tert-OH is 1. The van der Waals surface area contributed by atoms with Crippen LogP contribution < -0.4 is 15.4 Å². The van der Waals surface area contributed by atoms with Crippen LogP contribution in [0, 0.1) is 0 Å². The highest BCUT2D eigenvalue weighted by Gasteiger charge is 2.29. The Morgan fingerprint density at radius 1 is 1.53 bits per heavy atom. The lowest BCUT2D eigenvalue weighted by molar-refractivity contribution is 0.0890. The van der Waals surface area contributed by atoms with Gasteiger partial charge in [-0.05, 0) is 25.1 Å². The highest BCUT2D eigenvalue weighted by Crippen LogP contribution is 2.36. The number of hydrogen-bond donors (Lipinski definition) is 2. The second-order valence-corrected chi connectivity index (χ2v) is 3.92. The molecule has 2 atom stereocenters. The fourth-order valence-corrected chi connectivity index (χ4v) is 1.83. The molecule has 0 fully saturated rings. The number of nitrogen functional groups attached to an aromatic ring is 1. The molecule has 1 aliphatic heterocycles. The predicted octanol–water partition coefficient (Wildman–Crippen LogP) is 0.847. The molecule has 2 unspecified atom stereocenters. The Balaban J connectivity index is 2.40. The van der Waals surface area contributed by atoms with Crippen molar-refractivity contribution in [1.29, 1.82) is 0 Å². The van der Waals surface area contributed by atoms with Crippen molar-refractivity contribution in [2.75, 3.05) is 24.3 Å². The van der Waals surface area contributed by atoms with Crippen molar-refractivity contribution in [3.05, 3.63) is 18.2 Å². The molecule has 0 aromatic heterocycles. The number of hydrogen-bond acceptors (Lipinski definition) is 4. The lowest BCUT2D eigenvalue weighted by atomic mass is 10.1. The monoisotopic (exact) mass is 208 g/mol. The first-order valence-electron chi connectivity index (χ1n) is 5.03. The summed E-state index contributed by atoms with van der Waals surface area (Å²) in [5.41, 5.74) is 7.43. The molecular weight excluding hydrogens is 192 g/mol. The van der Waals surface area contributed by atoms with Crippen molar-refractivity contribution in [3.63, 3.8) is 0 Å². The molecule has 15 heavy (non-hydrogen) atoms. The molecule has 1 aliphatic rings. The number of rotatable bonds is 1. The fourth-order valence-electron chi connectivity index (χ4n) is 1.83. The topological polar surface area (TPSA) is 58.7 Å². The Morgan fingerprint density at radius 3 is 2.93 bits per heavy atom. The number of nitrogens with two attached hydrogens (primary N) is 1. The van der Waals surface area contributed by atoms with Gasteiger partial charge < -0.3 is 20.5 Å². The standard InChI is InChI=1S/C11H16N2O2/c1-7-11(6-14)15-10-4-3-8(12)5-9(10)13(7)2/h3-5,7,11,14H,6,12H2,1-2H3. The summed E-state index contributed by atoms with van der Waals surface area (Å²) in [7, 11) is 1.98. The molecule has 1 heterocycles. The van der Waals surface area contributed by atoms with Gasteiger partial charge in [0.05, 0.1) is 18.3 Å². The van der Waals surface area contributed by atoms with Gasteiger partial charge in [-0.1, -0.05) is 0 Å². The maximum absolute atomic E-state index is 9.18. The SMILES string of the molecule is CC1C(CO)Oc2ccc(N)cc2N1C. The molecule has 0 saturated heterocycles. The fraction of sp³-hybridized carbons (Fsp3) is 0.455. The van der Waals surface area contributed by atoms with Crippen LogP contribution in [0.2, 0.25) is 0 Å². The van der Waals surface area contributed by atoms with Crippen LogP contribution in [-0.2, 0) is 0 Å². The van der Waals surface area contributed by atoms with E-state index in [0.717, 1.165) is 17.1 Å². The first-order valence-corrected chi connectivity index (χ1v) is 5.03. The van der Waals surface area contributed by atoms with Crippen LogP contribution in [0.1, 0.15) is 6.92 Å². The minimum absolute atomic E-state index is 0.0231. The summed E-state index contributed by atoms with van der Waals surface area (Å²) in [6, 6.07) is 5.68. The highest BCUT2D eigenvalue weighted by molar-refractivity contribution is 5.66. The van der Waals surface area contributed by atoms with Gasteiger partial charge in [0, 0.05) is 12.7 Å². The first kappa shape index (κ1) is 10.1. The highest BCUT2D eigenvalue weighted by atomic mass is 16.5. The van der Waals surface area contributed by atoms with Crippen LogP contribution in [-0.4, -0.2) is 30.9 Å². The first-order chi connectivity index (χ1) is 7.13. The molecule has 4 heteroatoms. The van der Waals surface area contributed by atoms with Crippen molar-refractivity contribution in [2.24, 2.45) is 0 Å². The van der Waals surface area contributed by atoms with Crippen molar-refractivity contribution < 1.29 is 9.84 Å². The zero-order valence-electron chi connectivity index (χ0n) is 8.97. The van der Waals surface area contributed by atoms with E-state index in [1.165, 1.54) is 0 Å². The third-order valence-corrected chi connectivity index (χ3v) is 2.97. The molecule has 82 valence electrons. The summed E-state index contributed by atoms with van der Waals surface area (Å²) in [4.78, 5) is 2.08. The van der Waals surface area contributed by atoms with Crippen molar-refractivity contribution >= 4 is 11.4 Å². The molecule has 2 rings (SSSR count). The number of fused-ring (bicyclic) bond motifs is 1. The average molecular weight is 208 g/mol. The van der Waals surface area contributed by atoms with Gasteiger partial charge in [-0.25, -0.2) is 0 Å². The molecule has 0 aliphatic carbocycles. The Hall–Kier alpha value is -1.42. The van der Waals surface area contributed by atoms with Gasteiger partial charge in [0.2, 0.25) is 0 Å². The average Bonchev–Trinajstić information content (AvgIpc) is 2.24. The molecular formula is C11H16N2O2. The van der Waals surface area contributed by atoms with Gasteiger partial charge in [0.1, 0.15) is 11.9 Å². The quantitative estimate of drug-likeness (QED) is 0.672. The zero-order chi connectivity index (χ0) is 11.0. The van der Waals surface area contributed by atoms with E-state index in [1.807, 2.05) is 26.1 Å². The second kappa shape index (κ2) is 3.62. The van der Waals surface area contributed by atoms with E-state index in [2.05, 4.69) is 4.90 Å². The maximum atomic E-state index is 9.18. The molecule has 0 radical (unpaired) electrons. The smallest absolute Gasteiger partial charge is 0.143 e. The maximum Gasteiger partial charge on any atom is 0.143 e. The summed E-state index contributed by atoms with van der Waals surface area (Å²) in [6.07, 6.45) is -0.175. The second-order valence-electron chi connectivity index (χ2n) is 3.92. The Bertz CT molecular complexity index is 368. The molecule has 0 saturated carbocycles. The van der Waals surface area contributed by atoms with E-state index in [1.54, 1.807) is 6.07 Å². The third kappa shape index (κ3) is 1.61. The number of benzene rings is 1. The summed E-state index contributed by atoms with van der Waals surface area (Å²) < 4.78 is 5.67. The van der Waals surface area contributed by atoms with Crippen LogP contribution in [0.15, 0.2) is 18.2 Å². The van der Waals surface area contributed by atoms with Gasteiger partial charge in [0.15, 0.2) is 0 Å². The molecule has 4 nitrogen and oxygen atoms in total. The van der Waals surface area contributed by atoms with Crippen LogP contribution in [0.3, 0.4) is 0 Å². The van der Waals surface area contributed by atoms with Crippen LogP contribution in [0.25, 0.3) is 0 Å². The minimum Gasteiger partial charge on any atom is -0.484 e. The van der Waals surface area contributed by atoms with Crippen LogP contribution in [0.4, 0.5) is 11.4 Å². The normalized spacial score (nSPS) is 24.6. The van der Waals surface area contributed by atoms with Crippen molar-refractivity contribution in [3.8, 4) is 5.75 Å². The predicted molar refractivity (Wildman–Crippen MR) is 60.2 cm³/mol. The van der Waals surface area contributed by atoms with Gasteiger partial charge >= 0.3 is 0 Å². The largest absolute Gasteiger partial charge is 0.484 e. The number of ether oxygens (including phenoxy) is 1. The lowest BCUT2D eigenvalue weighted by Crippen LogP contribution is -2.47. The zero-order valence-corrected chi connectivity index (χ0v) is 8.97. The summed E-state index contributed by atoms with van der Waals surface area (Å²) >= 11 is 0. The van der Waals surface area contributed by atoms with Crippen LogP contribution in [0.5, 0.6) is 5.75 Å². The summed E-state index contributed by atoms with van der Waals surface area (Å²) in [5.74, 6) is 0.781. The van der Waals surface area contributed by atoms with E-state index < -0.39 is 0 Å². The molecule has 0 amide bonds. The van der Waals surface area contributed by atoms with Gasteiger partial charge in [-0.15, -0.1) is 0 Å². The molecule has 0 spiro atoms. The molecule has 1 aromatic carbocycles. The van der Waals surface area contributed by atoms with Crippen molar-refractivity contribution in [2.45, 2.75) is 19.1 Å². The lowest BCUT2D eigenvalue weighted by Gasteiger charge is -2.39. The Morgan fingerprint density at radius 2 is 2.27 bits per heavy atom. The van der Waals surface area contributed by atoms with E-state index in [-0.39, 0.29) is 18.8 Å². The van der Waals surface area contributed by atoms with Gasteiger partial charge in [-0.2, -0.15) is 0 Å². The Labute approximate surface area is 89.3 Å². The van der Waals surface area contributed by atoms with Gasteiger partial charge in [-0.3, -0.25) is 0 Å². The number of nitrogens with zero attached hydrogens (tertiary/aromatic N) is 1. The molecule has 3 N–H and O–H groups in total. The Kier molecular flexibility index (Phi) is 2.44. The number of likely N-dealkylation sites (N-methyl/N-ethyl adjacent to an activating group) is 1. The van der Waals surface area contributed by atoms with E-state index in [4.69, 9.17) is 10.5 Å². The summed E-state index contributed by atoms with van der Waals surface area (Å²) in [5, 5.41) is 9.18. The van der Waals surface area contributed by atoms with E-state index in [0.29, 0.717) is 0 Å². The molecule has 1 aromatic rings. The molecule has 0 bridgehead atoms.